The van der Waals surface area contributed by atoms with Crippen molar-refractivity contribution in [3.8, 4) is 0 Å². The first kappa shape index (κ1) is 19.1. The standard InChI is InChI=1S/C20H16F2N2O4S/c21-17-6-5-16(11-18(17)22)29(26,27)23-15-4-3-13-7-8-24(12-14(13)10-15)20(25)19-2-1-9-28-19/h1-6,9-11,23H,7-8,12H2. The summed E-state index contributed by atoms with van der Waals surface area (Å²) in [7, 11) is -4.10. The molecule has 0 unspecified atom stereocenters. The summed E-state index contributed by atoms with van der Waals surface area (Å²) in [5.74, 6) is -2.37. The van der Waals surface area contributed by atoms with Gasteiger partial charge in [0, 0.05) is 18.8 Å². The van der Waals surface area contributed by atoms with Gasteiger partial charge in [0.15, 0.2) is 17.4 Å². The van der Waals surface area contributed by atoms with Gasteiger partial charge in [0.2, 0.25) is 0 Å². The van der Waals surface area contributed by atoms with Crippen molar-refractivity contribution in [2.24, 2.45) is 0 Å². The van der Waals surface area contributed by atoms with Crippen molar-refractivity contribution in [2.45, 2.75) is 17.9 Å². The molecule has 29 heavy (non-hydrogen) atoms. The molecule has 150 valence electrons. The van der Waals surface area contributed by atoms with Crippen molar-refractivity contribution in [3.63, 3.8) is 0 Å². The van der Waals surface area contributed by atoms with E-state index in [4.69, 9.17) is 4.42 Å². The highest BCUT2D eigenvalue weighted by Crippen LogP contribution is 2.26. The van der Waals surface area contributed by atoms with Gasteiger partial charge >= 0.3 is 0 Å². The monoisotopic (exact) mass is 418 g/mol. The Hall–Kier alpha value is -3.20. The van der Waals surface area contributed by atoms with Crippen LogP contribution in [0.5, 0.6) is 0 Å². The van der Waals surface area contributed by atoms with E-state index in [1.165, 1.54) is 6.26 Å². The predicted molar refractivity (Wildman–Crippen MR) is 101 cm³/mol. The Morgan fingerprint density at radius 2 is 1.86 bits per heavy atom. The number of nitrogens with one attached hydrogen (secondary N) is 1. The van der Waals surface area contributed by atoms with Crippen LogP contribution in [0.1, 0.15) is 21.7 Å². The summed E-state index contributed by atoms with van der Waals surface area (Å²) in [6, 6.07) is 10.6. The first-order valence-electron chi connectivity index (χ1n) is 8.76. The fraction of sp³-hybridized carbons (Fsp3) is 0.150. The first-order valence-corrected chi connectivity index (χ1v) is 10.2. The highest BCUT2D eigenvalue weighted by atomic mass is 32.2. The second-order valence-corrected chi connectivity index (χ2v) is 8.30. The minimum absolute atomic E-state index is 0.239. The summed E-state index contributed by atoms with van der Waals surface area (Å²) >= 11 is 0. The lowest BCUT2D eigenvalue weighted by Crippen LogP contribution is -2.35. The minimum Gasteiger partial charge on any atom is -0.459 e. The molecular weight excluding hydrogens is 402 g/mol. The van der Waals surface area contributed by atoms with Crippen LogP contribution in [0.15, 0.2) is 64.1 Å². The van der Waals surface area contributed by atoms with Gasteiger partial charge < -0.3 is 9.32 Å². The Bertz CT molecular complexity index is 1180. The topological polar surface area (TPSA) is 79.6 Å². The number of sulfonamides is 1. The molecule has 1 N–H and O–H groups in total. The van der Waals surface area contributed by atoms with Crippen LogP contribution < -0.4 is 4.72 Å². The molecule has 2 aromatic carbocycles. The van der Waals surface area contributed by atoms with Gasteiger partial charge in [-0.15, -0.1) is 0 Å². The third-order valence-corrected chi connectivity index (χ3v) is 6.07. The molecule has 4 rings (SSSR count). The van der Waals surface area contributed by atoms with E-state index in [-0.39, 0.29) is 22.3 Å². The van der Waals surface area contributed by atoms with E-state index in [2.05, 4.69) is 4.72 Å². The maximum absolute atomic E-state index is 13.4. The molecule has 0 fully saturated rings. The Morgan fingerprint density at radius 3 is 2.59 bits per heavy atom. The summed E-state index contributed by atoms with van der Waals surface area (Å²) < 4.78 is 59.0. The van der Waals surface area contributed by atoms with E-state index in [9.17, 15) is 22.0 Å². The van der Waals surface area contributed by atoms with E-state index in [1.54, 1.807) is 35.2 Å². The minimum atomic E-state index is -4.10. The lowest BCUT2D eigenvalue weighted by molar-refractivity contribution is 0.0702. The van der Waals surface area contributed by atoms with Crippen LogP contribution in [-0.2, 0) is 23.0 Å². The summed E-state index contributed by atoms with van der Waals surface area (Å²) in [4.78, 5) is 13.7. The van der Waals surface area contributed by atoms with Crippen molar-refractivity contribution in [1.82, 2.24) is 4.90 Å². The van der Waals surface area contributed by atoms with Gasteiger partial charge in [-0.2, -0.15) is 0 Å². The molecule has 0 atom stereocenters. The number of carbonyl (C=O) groups excluding carboxylic acids is 1. The molecular formula is C20H16F2N2O4S. The fourth-order valence-corrected chi connectivity index (χ4v) is 4.27. The van der Waals surface area contributed by atoms with Gasteiger partial charge in [-0.25, -0.2) is 17.2 Å². The van der Waals surface area contributed by atoms with Crippen molar-refractivity contribution < 1.29 is 26.4 Å². The molecule has 0 aliphatic carbocycles. The first-order chi connectivity index (χ1) is 13.8. The zero-order chi connectivity index (χ0) is 20.6. The van der Waals surface area contributed by atoms with Crippen LogP contribution in [0.4, 0.5) is 14.5 Å². The quantitative estimate of drug-likeness (QED) is 0.703. The number of amides is 1. The smallest absolute Gasteiger partial charge is 0.289 e. The molecule has 1 aliphatic heterocycles. The number of hydrogen-bond donors (Lipinski definition) is 1. The molecule has 2 heterocycles. The molecule has 6 nitrogen and oxygen atoms in total. The van der Waals surface area contributed by atoms with E-state index < -0.39 is 21.7 Å². The molecule has 0 saturated heterocycles. The number of nitrogens with zero attached hydrogens (tertiary/aromatic N) is 1. The summed E-state index contributed by atoms with van der Waals surface area (Å²) in [5, 5.41) is 0. The van der Waals surface area contributed by atoms with Crippen LogP contribution in [0, 0.1) is 11.6 Å². The molecule has 1 aliphatic rings. The Balaban J connectivity index is 1.56. The number of rotatable bonds is 4. The molecule has 0 radical (unpaired) electrons. The van der Waals surface area contributed by atoms with Crippen LogP contribution in [-0.4, -0.2) is 25.8 Å². The third-order valence-electron chi connectivity index (χ3n) is 4.69. The third kappa shape index (κ3) is 3.86. The van der Waals surface area contributed by atoms with Gasteiger partial charge in [-0.3, -0.25) is 9.52 Å². The number of anilines is 1. The number of halogens is 2. The van der Waals surface area contributed by atoms with Gasteiger partial charge in [0.25, 0.3) is 15.9 Å². The van der Waals surface area contributed by atoms with Gasteiger partial charge in [-0.05, 0) is 60.0 Å². The van der Waals surface area contributed by atoms with Crippen LogP contribution in [0.3, 0.4) is 0 Å². The zero-order valence-electron chi connectivity index (χ0n) is 15.1. The molecule has 1 amide bonds. The summed E-state index contributed by atoms with van der Waals surface area (Å²) in [5.41, 5.74) is 2.06. The summed E-state index contributed by atoms with van der Waals surface area (Å²) in [6.45, 7) is 0.822. The number of hydrogen-bond acceptors (Lipinski definition) is 4. The van der Waals surface area contributed by atoms with Gasteiger partial charge in [-0.1, -0.05) is 6.07 Å². The highest BCUT2D eigenvalue weighted by Gasteiger charge is 2.24. The van der Waals surface area contributed by atoms with Crippen molar-refractivity contribution in [3.05, 3.63) is 83.3 Å². The number of fused-ring (bicyclic) bond motifs is 1. The molecule has 0 saturated carbocycles. The van der Waals surface area contributed by atoms with E-state index >= 15 is 0 Å². The second-order valence-electron chi connectivity index (χ2n) is 6.62. The molecule has 1 aromatic heterocycles. The number of furan rings is 1. The van der Waals surface area contributed by atoms with Crippen LogP contribution >= 0.6 is 0 Å². The molecule has 0 spiro atoms. The normalized spacial score (nSPS) is 13.8. The van der Waals surface area contributed by atoms with Gasteiger partial charge in [0.05, 0.1) is 11.2 Å². The maximum Gasteiger partial charge on any atom is 0.289 e. The second kappa shape index (κ2) is 7.32. The lowest BCUT2D eigenvalue weighted by Gasteiger charge is -2.28. The van der Waals surface area contributed by atoms with E-state index in [1.807, 2.05) is 0 Å². The molecule has 9 heteroatoms. The lowest BCUT2D eigenvalue weighted by atomic mass is 9.99. The van der Waals surface area contributed by atoms with E-state index in [0.29, 0.717) is 25.6 Å². The van der Waals surface area contributed by atoms with Crippen LogP contribution in [0.2, 0.25) is 0 Å². The largest absolute Gasteiger partial charge is 0.459 e. The van der Waals surface area contributed by atoms with E-state index in [0.717, 1.165) is 23.3 Å². The SMILES string of the molecule is O=C(c1ccco1)N1CCc2ccc(NS(=O)(=O)c3ccc(F)c(F)c3)cc2C1. The molecule has 3 aromatic rings. The van der Waals surface area contributed by atoms with Crippen LogP contribution in [0.25, 0.3) is 0 Å². The fourth-order valence-electron chi connectivity index (χ4n) is 3.21. The highest BCUT2D eigenvalue weighted by molar-refractivity contribution is 7.92. The van der Waals surface area contributed by atoms with Crippen molar-refractivity contribution in [1.29, 1.82) is 0 Å². The van der Waals surface area contributed by atoms with Crippen molar-refractivity contribution in [2.75, 3.05) is 11.3 Å². The number of carbonyl (C=O) groups is 1. The predicted octanol–water partition coefficient (Wildman–Crippen LogP) is 3.56. The Labute approximate surface area is 165 Å². The average molecular weight is 418 g/mol. The number of benzene rings is 2. The maximum atomic E-state index is 13.4. The summed E-state index contributed by atoms with van der Waals surface area (Å²) in [6.07, 6.45) is 2.05. The Morgan fingerprint density at radius 1 is 1.03 bits per heavy atom. The molecule has 0 bridgehead atoms. The average Bonchev–Trinajstić information content (AvgIpc) is 3.23. The van der Waals surface area contributed by atoms with Gasteiger partial charge in [0.1, 0.15) is 0 Å². The zero-order valence-corrected chi connectivity index (χ0v) is 15.9. The van der Waals surface area contributed by atoms with Crippen molar-refractivity contribution >= 4 is 21.6 Å². The Kier molecular flexibility index (Phi) is 4.83.